The highest BCUT2D eigenvalue weighted by Gasteiger charge is 2.05. The first kappa shape index (κ1) is 8.95. The number of aliphatic hydroxyl groups is 1. The molecular formula is C6H11N3O3. The first-order valence-corrected chi connectivity index (χ1v) is 3.51. The first-order chi connectivity index (χ1) is 5.74. The zero-order chi connectivity index (χ0) is 8.97. The van der Waals surface area contributed by atoms with E-state index in [0.29, 0.717) is 0 Å². The number of methoxy groups -OCH3 is 1. The molecule has 1 aromatic rings. The smallest absolute Gasteiger partial charge is 0.343 e. The molecule has 0 aliphatic carbocycles. The van der Waals surface area contributed by atoms with Crippen molar-refractivity contribution in [1.29, 1.82) is 0 Å². The Labute approximate surface area is 68.8 Å². The number of hydrogen-bond acceptors (Lipinski definition) is 4. The molecule has 2 N–H and O–H groups in total. The van der Waals surface area contributed by atoms with Crippen LogP contribution in [0.4, 0.5) is 0 Å². The van der Waals surface area contributed by atoms with E-state index < -0.39 is 6.10 Å². The van der Waals surface area contributed by atoms with Crippen molar-refractivity contribution in [2.45, 2.75) is 12.6 Å². The number of hydrogen-bond donors (Lipinski definition) is 2. The van der Waals surface area contributed by atoms with Crippen LogP contribution in [0.25, 0.3) is 0 Å². The summed E-state index contributed by atoms with van der Waals surface area (Å²) < 4.78 is 5.98. The number of rotatable bonds is 4. The van der Waals surface area contributed by atoms with Gasteiger partial charge in [-0.05, 0) is 0 Å². The minimum Gasteiger partial charge on any atom is -0.389 e. The van der Waals surface area contributed by atoms with Crippen molar-refractivity contribution in [3.8, 4) is 0 Å². The van der Waals surface area contributed by atoms with E-state index in [9.17, 15) is 9.90 Å². The normalized spacial score (nSPS) is 13.2. The molecule has 1 atom stereocenters. The van der Waals surface area contributed by atoms with Crippen LogP contribution in [-0.2, 0) is 11.3 Å². The Kier molecular flexibility index (Phi) is 3.01. The highest BCUT2D eigenvalue weighted by molar-refractivity contribution is 4.66. The van der Waals surface area contributed by atoms with Gasteiger partial charge in [-0.2, -0.15) is 5.10 Å². The zero-order valence-electron chi connectivity index (χ0n) is 6.73. The number of nitrogens with one attached hydrogen (secondary N) is 1. The van der Waals surface area contributed by atoms with E-state index in [1.807, 2.05) is 0 Å². The summed E-state index contributed by atoms with van der Waals surface area (Å²) in [5.74, 6) is 0. The van der Waals surface area contributed by atoms with Crippen LogP contribution in [0.15, 0.2) is 11.1 Å². The summed E-state index contributed by atoms with van der Waals surface area (Å²) in [7, 11) is 1.49. The highest BCUT2D eigenvalue weighted by atomic mass is 16.5. The Balaban J connectivity index is 2.52. The lowest BCUT2D eigenvalue weighted by Crippen LogP contribution is -2.27. The molecule has 12 heavy (non-hydrogen) atoms. The molecule has 0 saturated heterocycles. The van der Waals surface area contributed by atoms with Gasteiger partial charge in [0.2, 0.25) is 0 Å². The van der Waals surface area contributed by atoms with Crippen molar-refractivity contribution < 1.29 is 9.84 Å². The van der Waals surface area contributed by atoms with Crippen LogP contribution in [0, 0.1) is 0 Å². The van der Waals surface area contributed by atoms with Gasteiger partial charge in [-0.15, -0.1) is 0 Å². The van der Waals surface area contributed by atoms with Gasteiger partial charge in [-0.1, -0.05) is 0 Å². The number of aromatic amines is 1. The summed E-state index contributed by atoms with van der Waals surface area (Å²) >= 11 is 0. The Morgan fingerprint density at radius 1 is 1.92 bits per heavy atom. The Hall–Kier alpha value is -1.14. The topological polar surface area (TPSA) is 80.1 Å². The zero-order valence-corrected chi connectivity index (χ0v) is 6.73. The van der Waals surface area contributed by atoms with Gasteiger partial charge in [0.1, 0.15) is 6.33 Å². The molecule has 1 heterocycles. The van der Waals surface area contributed by atoms with Crippen LogP contribution in [0.5, 0.6) is 0 Å². The molecule has 0 aromatic carbocycles. The molecule has 0 radical (unpaired) electrons. The van der Waals surface area contributed by atoms with E-state index in [1.54, 1.807) is 0 Å². The van der Waals surface area contributed by atoms with E-state index in [4.69, 9.17) is 4.74 Å². The Morgan fingerprint density at radius 3 is 3.17 bits per heavy atom. The summed E-state index contributed by atoms with van der Waals surface area (Å²) in [6.07, 6.45) is 0.659. The molecule has 0 saturated carbocycles. The van der Waals surface area contributed by atoms with Gasteiger partial charge in [-0.25, -0.2) is 9.89 Å². The molecule has 1 rings (SSSR count). The minimum absolute atomic E-state index is 0.198. The van der Waals surface area contributed by atoms with E-state index in [1.165, 1.54) is 18.0 Å². The maximum absolute atomic E-state index is 10.9. The fourth-order valence-corrected chi connectivity index (χ4v) is 0.873. The molecule has 6 heteroatoms. The lowest BCUT2D eigenvalue weighted by molar-refractivity contribution is 0.0530. The second kappa shape index (κ2) is 4.03. The third-order valence-electron chi connectivity index (χ3n) is 1.38. The molecule has 0 spiro atoms. The summed E-state index contributed by atoms with van der Waals surface area (Å²) in [5, 5.41) is 14.9. The monoisotopic (exact) mass is 173 g/mol. The van der Waals surface area contributed by atoms with Crippen molar-refractivity contribution >= 4 is 0 Å². The Bertz CT molecular complexity index is 280. The van der Waals surface area contributed by atoms with Gasteiger partial charge in [0.05, 0.1) is 19.3 Å². The molecule has 0 amide bonds. The van der Waals surface area contributed by atoms with Crippen molar-refractivity contribution in [1.82, 2.24) is 14.8 Å². The van der Waals surface area contributed by atoms with Crippen LogP contribution in [0.1, 0.15) is 0 Å². The molecule has 6 nitrogen and oxygen atoms in total. The summed E-state index contributed by atoms with van der Waals surface area (Å²) in [4.78, 5) is 10.9. The standard InChI is InChI=1S/C6H11N3O3/c1-12-3-5(10)2-9-4-7-8-6(9)11/h4-5,10H,2-3H2,1H3,(H,8,11). The second-order valence-electron chi connectivity index (χ2n) is 2.42. The predicted molar refractivity (Wildman–Crippen MR) is 40.7 cm³/mol. The van der Waals surface area contributed by atoms with E-state index in [0.717, 1.165) is 0 Å². The maximum Gasteiger partial charge on any atom is 0.343 e. The molecule has 1 unspecified atom stereocenters. The van der Waals surface area contributed by atoms with Crippen LogP contribution in [0.3, 0.4) is 0 Å². The van der Waals surface area contributed by atoms with Crippen LogP contribution < -0.4 is 5.69 Å². The number of aromatic nitrogens is 3. The van der Waals surface area contributed by atoms with Gasteiger partial charge in [0.25, 0.3) is 0 Å². The lowest BCUT2D eigenvalue weighted by atomic mass is 10.4. The number of nitrogens with zero attached hydrogens (tertiary/aromatic N) is 2. The third kappa shape index (κ3) is 2.18. The van der Waals surface area contributed by atoms with Gasteiger partial charge >= 0.3 is 5.69 Å². The third-order valence-corrected chi connectivity index (χ3v) is 1.38. The second-order valence-corrected chi connectivity index (χ2v) is 2.42. The van der Waals surface area contributed by atoms with Crippen molar-refractivity contribution in [3.05, 3.63) is 16.8 Å². The molecule has 1 aromatic heterocycles. The predicted octanol–water partition coefficient (Wildman–Crippen LogP) is -1.42. The fourth-order valence-electron chi connectivity index (χ4n) is 0.873. The van der Waals surface area contributed by atoms with Gasteiger partial charge in [0, 0.05) is 7.11 Å². The summed E-state index contributed by atoms with van der Waals surface area (Å²) in [6, 6.07) is 0. The number of ether oxygens (including phenoxy) is 1. The quantitative estimate of drug-likeness (QED) is 0.585. The van der Waals surface area contributed by atoms with Crippen LogP contribution in [0.2, 0.25) is 0 Å². The van der Waals surface area contributed by atoms with E-state index in [2.05, 4.69) is 10.2 Å². The minimum atomic E-state index is -0.676. The van der Waals surface area contributed by atoms with Crippen molar-refractivity contribution in [2.24, 2.45) is 0 Å². The molecule has 0 bridgehead atoms. The molecule has 0 aliphatic rings. The molecule has 68 valence electrons. The average molecular weight is 173 g/mol. The molecular weight excluding hydrogens is 162 g/mol. The number of H-pyrrole nitrogens is 1. The van der Waals surface area contributed by atoms with Gasteiger partial charge < -0.3 is 9.84 Å². The Morgan fingerprint density at radius 2 is 2.67 bits per heavy atom. The fraction of sp³-hybridized carbons (Fsp3) is 0.667. The first-order valence-electron chi connectivity index (χ1n) is 3.51. The van der Waals surface area contributed by atoms with Crippen LogP contribution >= 0.6 is 0 Å². The van der Waals surface area contributed by atoms with E-state index >= 15 is 0 Å². The van der Waals surface area contributed by atoms with E-state index in [-0.39, 0.29) is 18.8 Å². The van der Waals surface area contributed by atoms with Crippen molar-refractivity contribution in [2.75, 3.05) is 13.7 Å². The SMILES string of the molecule is COCC(O)Cn1cn[nH]c1=O. The molecule has 0 fully saturated rings. The van der Waals surface area contributed by atoms with Crippen molar-refractivity contribution in [3.63, 3.8) is 0 Å². The lowest BCUT2D eigenvalue weighted by Gasteiger charge is -2.07. The number of aliphatic hydroxyl groups excluding tert-OH is 1. The average Bonchev–Trinajstić information content (AvgIpc) is 2.37. The highest BCUT2D eigenvalue weighted by Crippen LogP contribution is 1.87. The van der Waals surface area contributed by atoms with Gasteiger partial charge in [-0.3, -0.25) is 4.57 Å². The van der Waals surface area contributed by atoms with Gasteiger partial charge in [0.15, 0.2) is 0 Å². The maximum atomic E-state index is 10.9. The summed E-state index contributed by atoms with van der Waals surface area (Å²) in [6.45, 7) is 0.404. The molecule has 0 aliphatic heterocycles. The summed E-state index contributed by atoms with van der Waals surface area (Å²) in [5.41, 5.74) is -0.329. The largest absolute Gasteiger partial charge is 0.389 e. The van der Waals surface area contributed by atoms with Crippen LogP contribution in [-0.4, -0.2) is 39.7 Å².